The lowest BCUT2D eigenvalue weighted by molar-refractivity contribution is -0.191. The van der Waals surface area contributed by atoms with Gasteiger partial charge in [0.05, 0.1) is 6.10 Å². The number of hydrogen-bond donors (Lipinski definition) is 0. The van der Waals surface area contributed by atoms with Gasteiger partial charge >= 0.3 is 0 Å². The van der Waals surface area contributed by atoms with Crippen LogP contribution in [0.3, 0.4) is 0 Å². The fraction of sp³-hybridized carbons (Fsp3) is 0.438. The van der Waals surface area contributed by atoms with Crippen LogP contribution in [0.25, 0.3) is 0 Å². The van der Waals surface area contributed by atoms with Crippen molar-refractivity contribution in [1.29, 1.82) is 0 Å². The fourth-order valence-electron chi connectivity index (χ4n) is 4.73. The molecule has 2 atom stereocenters. The van der Waals surface area contributed by atoms with Gasteiger partial charge in [-0.25, -0.2) is 0 Å². The lowest BCUT2D eigenvalue weighted by atomic mass is 10.1. The predicted molar refractivity (Wildman–Crippen MR) is 161 cm³/mol. The summed E-state index contributed by atoms with van der Waals surface area (Å²) in [4.78, 5) is 0. The lowest BCUT2D eigenvalue weighted by Crippen LogP contribution is -2.66. The maximum atomic E-state index is 7.00. The Hall–Kier alpha value is -2.21. The van der Waals surface area contributed by atoms with E-state index < -0.39 is 22.2 Å². The maximum Gasteiger partial charge on any atom is 0.261 e. The van der Waals surface area contributed by atoms with Gasteiger partial charge in [-0.2, -0.15) is 0 Å². The van der Waals surface area contributed by atoms with Crippen molar-refractivity contribution < 1.29 is 13.9 Å². The average molecular weight is 533 g/mol. The predicted octanol–water partition coefficient (Wildman–Crippen LogP) is 6.47. The summed E-state index contributed by atoms with van der Waals surface area (Å²) in [5.74, 6) is 2.44. The monoisotopic (exact) mass is 532 g/mol. The number of allylic oxidation sites excluding steroid dienone is 1. The zero-order valence-corrected chi connectivity index (χ0v) is 25.7. The van der Waals surface area contributed by atoms with Crippen LogP contribution in [0.2, 0.25) is 24.7 Å². The van der Waals surface area contributed by atoms with Gasteiger partial charge in [0, 0.05) is 20.1 Å². The summed E-state index contributed by atoms with van der Waals surface area (Å²) in [5.41, 5.74) is 3.41. The highest BCUT2D eigenvalue weighted by molar-refractivity contribution is 6.99. The highest BCUT2D eigenvalue weighted by atomic mass is 28.4. The van der Waals surface area contributed by atoms with E-state index in [-0.39, 0.29) is 11.1 Å². The second kappa shape index (κ2) is 12.6. The van der Waals surface area contributed by atoms with Crippen LogP contribution in [0.15, 0.2) is 85.0 Å². The van der Waals surface area contributed by atoms with Crippen LogP contribution >= 0.6 is 0 Å². The van der Waals surface area contributed by atoms with Crippen LogP contribution in [0.5, 0.6) is 0 Å². The topological polar surface area (TPSA) is 27.7 Å². The molecule has 0 radical (unpaired) electrons. The molecule has 0 fully saturated rings. The van der Waals surface area contributed by atoms with Crippen LogP contribution in [0.1, 0.15) is 40.0 Å². The van der Waals surface area contributed by atoms with E-state index >= 15 is 0 Å². The fourth-order valence-corrected chi connectivity index (χ4v) is 9.90. The van der Waals surface area contributed by atoms with E-state index in [1.807, 2.05) is 0 Å². The molecule has 0 saturated heterocycles. The first kappa shape index (κ1) is 29.4. The molecule has 1 aliphatic rings. The molecule has 0 N–H and O–H groups in total. The van der Waals surface area contributed by atoms with Crippen molar-refractivity contribution in [2.75, 3.05) is 13.7 Å². The molecule has 0 aromatic heterocycles. The van der Waals surface area contributed by atoms with Gasteiger partial charge in [-0.3, -0.25) is 0 Å². The van der Waals surface area contributed by atoms with Crippen LogP contribution in [-0.4, -0.2) is 42.0 Å². The van der Waals surface area contributed by atoms with Crippen molar-refractivity contribution in [3.63, 3.8) is 0 Å². The molecular formula is C32H44O3Si2. The molecule has 1 aliphatic heterocycles. The molecule has 0 unspecified atom stereocenters. The van der Waals surface area contributed by atoms with Crippen LogP contribution < -0.4 is 10.4 Å². The molecule has 2 aromatic rings. The van der Waals surface area contributed by atoms with Crippen molar-refractivity contribution in [2.45, 2.75) is 76.6 Å². The van der Waals surface area contributed by atoms with Crippen molar-refractivity contribution in [1.82, 2.24) is 0 Å². The van der Waals surface area contributed by atoms with E-state index in [4.69, 9.17) is 13.9 Å². The molecule has 0 aliphatic carbocycles. The van der Waals surface area contributed by atoms with E-state index in [2.05, 4.69) is 137 Å². The Kier molecular flexibility index (Phi) is 9.96. The maximum absolute atomic E-state index is 7.00. The Morgan fingerprint density at radius 3 is 2.11 bits per heavy atom. The quantitative estimate of drug-likeness (QED) is 0.160. The Balaban J connectivity index is 1.67. The third-order valence-electron chi connectivity index (χ3n) is 6.57. The van der Waals surface area contributed by atoms with Gasteiger partial charge in [-0.15, -0.1) is 5.54 Å². The number of benzene rings is 2. The summed E-state index contributed by atoms with van der Waals surface area (Å²) in [7, 11) is -2.32. The normalized spacial score (nSPS) is 20.6. The van der Waals surface area contributed by atoms with E-state index in [1.165, 1.54) is 10.4 Å². The molecule has 0 spiro atoms. The number of methoxy groups -OCH3 is 1. The van der Waals surface area contributed by atoms with E-state index in [0.29, 0.717) is 13.0 Å². The first-order valence-electron chi connectivity index (χ1n) is 13.4. The Morgan fingerprint density at radius 1 is 1.00 bits per heavy atom. The van der Waals surface area contributed by atoms with Crippen molar-refractivity contribution in [2.24, 2.45) is 0 Å². The molecule has 0 saturated carbocycles. The zero-order valence-electron chi connectivity index (χ0n) is 23.7. The van der Waals surface area contributed by atoms with Crippen LogP contribution in [0, 0.1) is 11.5 Å². The summed E-state index contributed by atoms with van der Waals surface area (Å²) < 4.78 is 19.0. The average Bonchev–Trinajstić information content (AvgIpc) is 2.87. The van der Waals surface area contributed by atoms with Gasteiger partial charge in [0.2, 0.25) is 5.79 Å². The second-order valence-electron chi connectivity index (χ2n) is 11.8. The summed E-state index contributed by atoms with van der Waals surface area (Å²) in [6, 6.07) is 21.6. The number of hydrogen-bond acceptors (Lipinski definition) is 3. The van der Waals surface area contributed by atoms with Crippen molar-refractivity contribution in [3.8, 4) is 11.5 Å². The van der Waals surface area contributed by atoms with Crippen molar-refractivity contribution in [3.05, 3.63) is 85.0 Å². The van der Waals surface area contributed by atoms with E-state index in [9.17, 15) is 0 Å². The number of rotatable bonds is 9. The van der Waals surface area contributed by atoms with E-state index in [1.54, 1.807) is 7.11 Å². The third kappa shape index (κ3) is 7.66. The van der Waals surface area contributed by atoms with Gasteiger partial charge in [-0.05, 0) is 34.2 Å². The summed E-state index contributed by atoms with van der Waals surface area (Å²) >= 11 is 0. The highest BCUT2D eigenvalue weighted by Crippen LogP contribution is 2.36. The molecule has 198 valence electrons. The molecule has 1 heterocycles. The van der Waals surface area contributed by atoms with Gasteiger partial charge in [-0.1, -0.05) is 125 Å². The molecule has 0 bridgehead atoms. The molecule has 37 heavy (non-hydrogen) atoms. The van der Waals surface area contributed by atoms with Gasteiger partial charge in [0.25, 0.3) is 8.32 Å². The lowest BCUT2D eigenvalue weighted by Gasteiger charge is -2.43. The largest absolute Gasteiger partial charge is 0.407 e. The molecule has 2 aromatic carbocycles. The first-order chi connectivity index (χ1) is 17.5. The van der Waals surface area contributed by atoms with E-state index in [0.717, 1.165) is 12.8 Å². The summed E-state index contributed by atoms with van der Waals surface area (Å²) in [6.45, 7) is 14.4. The Bertz CT molecular complexity index is 1060. The summed E-state index contributed by atoms with van der Waals surface area (Å²) in [5, 5.41) is 2.63. The minimum absolute atomic E-state index is 0.00723. The van der Waals surface area contributed by atoms with Gasteiger partial charge in [0.1, 0.15) is 8.07 Å². The van der Waals surface area contributed by atoms with Crippen molar-refractivity contribution >= 4 is 26.8 Å². The smallest absolute Gasteiger partial charge is 0.261 e. The molecular weight excluding hydrogens is 489 g/mol. The SMILES string of the molecule is CO[C@]1(C#C[Si](C)(C)C)CC=C[C@@H](/C=C/CCCO[Si](c2ccccc2)(c2ccccc2)C(C)(C)C)O1. The Labute approximate surface area is 227 Å². The third-order valence-corrected chi connectivity index (χ3v) is 12.5. The molecule has 5 heteroatoms. The van der Waals surface area contributed by atoms with Gasteiger partial charge in [0.15, 0.2) is 0 Å². The zero-order chi connectivity index (χ0) is 27.0. The molecule has 3 nitrogen and oxygen atoms in total. The highest BCUT2D eigenvalue weighted by Gasteiger charge is 2.49. The summed E-state index contributed by atoms with van der Waals surface area (Å²) in [6.07, 6.45) is 10.9. The molecule has 3 rings (SSSR count). The number of unbranched alkanes of at least 4 members (excludes halogenated alkanes) is 1. The Morgan fingerprint density at radius 2 is 1.59 bits per heavy atom. The van der Waals surface area contributed by atoms with Gasteiger partial charge < -0.3 is 13.9 Å². The minimum Gasteiger partial charge on any atom is -0.407 e. The van der Waals surface area contributed by atoms with Crippen LogP contribution in [0.4, 0.5) is 0 Å². The minimum atomic E-state index is -2.48. The number of ether oxygens (including phenoxy) is 2. The second-order valence-corrected chi connectivity index (χ2v) is 20.8. The first-order valence-corrected chi connectivity index (χ1v) is 18.8. The van der Waals surface area contributed by atoms with Crippen LogP contribution in [-0.2, 0) is 13.9 Å². The standard InChI is InChI=1S/C32H44O3Si2/c1-31(2,3)37(29-20-12-8-13-21-29,30-22-14-9-15-23-30)34-26-16-10-11-18-28-19-17-24-32(33-4,35-28)25-27-36(5,6)7/h8-9,11-15,17-23,28H,10,16,24,26H2,1-7H3/b18-11+/t28-,32-/m1/s1. The molecule has 0 amide bonds.